The van der Waals surface area contributed by atoms with Crippen molar-refractivity contribution >= 4 is 17.3 Å². The van der Waals surface area contributed by atoms with E-state index in [0.29, 0.717) is 31.1 Å². The van der Waals surface area contributed by atoms with Crippen LogP contribution in [-0.4, -0.2) is 56.4 Å². The van der Waals surface area contributed by atoms with Crippen LogP contribution in [0.2, 0.25) is 0 Å². The molecule has 0 saturated heterocycles. The molecule has 0 saturated carbocycles. The fourth-order valence-corrected chi connectivity index (χ4v) is 1.50. The zero-order valence-electron chi connectivity index (χ0n) is 11.3. The van der Waals surface area contributed by atoms with Gasteiger partial charge in [0.1, 0.15) is 0 Å². The van der Waals surface area contributed by atoms with E-state index >= 15 is 0 Å². The molecule has 0 aliphatic rings. The van der Waals surface area contributed by atoms with E-state index in [1.165, 1.54) is 6.07 Å². The largest absolute Gasteiger partial charge is 0.478 e. The van der Waals surface area contributed by atoms with Crippen LogP contribution in [0.25, 0.3) is 0 Å². The Labute approximate surface area is 113 Å². The zero-order valence-corrected chi connectivity index (χ0v) is 11.3. The number of nitrogens with zero attached hydrogens (tertiary/aromatic N) is 1. The van der Waals surface area contributed by atoms with E-state index in [9.17, 15) is 4.79 Å². The standard InChI is InChI=1S/C13H21N3O3/c1-16(2)6-8-19-7-5-15-12-4-3-10(14)9-11(12)13(17)18/h3-4,9,15H,5-8,14H2,1-2H3,(H,17,18). The average molecular weight is 267 g/mol. The van der Waals surface area contributed by atoms with Gasteiger partial charge < -0.3 is 25.8 Å². The summed E-state index contributed by atoms with van der Waals surface area (Å²) in [6.07, 6.45) is 0. The second-order valence-corrected chi connectivity index (χ2v) is 4.45. The number of carboxylic acid groups (broad SMARTS) is 1. The highest BCUT2D eigenvalue weighted by atomic mass is 16.5. The highest BCUT2D eigenvalue weighted by molar-refractivity contribution is 5.95. The molecule has 0 bridgehead atoms. The summed E-state index contributed by atoms with van der Waals surface area (Å²) in [4.78, 5) is 13.1. The number of benzene rings is 1. The summed E-state index contributed by atoms with van der Waals surface area (Å²) in [5.41, 5.74) is 6.73. The number of carboxylic acids is 1. The van der Waals surface area contributed by atoms with Gasteiger partial charge in [0, 0.05) is 24.5 Å². The number of ether oxygens (including phenoxy) is 1. The first-order valence-electron chi connectivity index (χ1n) is 6.10. The molecule has 4 N–H and O–H groups in total. The summed E-state index contributed by atoms with van der Waals surface area (Å²) in [5, 5.41) is 12.1. The number of likely N-dealkylation sites (N-methyl/N-ethyl adjacent to an activating group) is 1. The molecule has 1 aromatic rings. The highest BCUT2D eigenvalue weighted by Gasteiger charge is 2.09. The van der Waals surface area contributed by atoms with Crippen molar-refractivity contribution < 1.29 is 14.6 Å². The Balaban J connectivity index is 2.39. The van der Waals surface area contributed by atoms with Crippen LogP contribution >= 0.6 is 0 Å². The van der Waals surface area contributed by atoms with Gasteiger partial charge in [-0.2, -0.15) is 0 Å². The third-order valence-electron chi connectivity index (χ3n) is 2.52. The second-order valence-electron chi connectivity index (χ2n) is 4.45. The number of nitrogen functional groups attached to an aromatic ring is 1. The van der Waals surface area contributed by atoms with E-state index in [-0.39, 0.29) is 5.56 Å². The van der Waals surface area contributed by atoms with E-state index in [0.717, 1.165) is 6.54 Å². The minimum Gasteiger partial charge on any atom is -0.478 e. The van der Waals surface area contributed by atoms with Crippen LogP contribution in [-0.2, 0) is 4.74 Å². The molecule has 6 nitrogen and oxygen atoms in total. The third kappa shape index (κ3) is 5.58. The molecule has 106 valence electrons. The number of aromatic carboxylic acids is 1. The van der Waals surface area contributed by atoms with Crippen LogP contribution < -0.4 is 11.1 Å². The van der Waals surface area contributed by atoms with Gasteiger partial charge in [-0.15, -0.1) is 0 Å². The van der Waals surface area contributed by atoms with Crippen molar-refractivity contribution in [1.29, 1.82) is 0 Å². The minimum absolute atomic E-state index is 0.174. The number of rotatable bonds is 8. The Hall–Kier alpha value is -1.79. The Morgan fingerprint density at radius 1 is 1.42 bits per heavy atom. The molecule has 0 heterocycles. The van der Waals surface area contributed by atoms with Crippen molar-refractivity contribution in [3.8, 4) is 0 Å². The summed E-state index contributed by atoms with van der Waals surface area (Å²) >= 11 is 0. The van der Waals surface area contributed by atoms with Crippen LogP contribution in [0.15, 0.2) is 18.2 Å². The topological polar surface area (TPSA) is 87.8 Å². The maximum Gasteiger partial charge on any atom is 0.337 e. The molecule has 0 aromatic heterocycles. The number of carbonyl (C=O) groups is 1. The van der Waals surface area contributed by atoms with Crippen molar-refractivity contribution in [3.63, 3.8) is 0 Å². The van der Waals surface area contributed by atoms with Crippen molar-refractivity contribution in [1.82, 2.24) is 4.90 Å². The maximum absolute atomic E-state index is 11.1. The predicted molar refractivity (Wildman–Crippen MR) is 75.7 cm³/mol. The van der Waals surface area contributed by atoms with Crippen LogP contribution in [0, 0.1) is 0 Å². The van der Waals surface area contributed by atoms with Gasteiger partial charge >= 0.3 is 5.97 Å². The monoisotopic (exact) mass is 267 g/mol. The van der Waals surface area contributed by atoms with Gasteiger partial charge in [0.25, 0.3) is 0 Å². The first-order chi connectivity index (χ1) is 9.00. The van der Waals surface area contributed by atoms with Crippen LogP contribution in [0.3, 0.4) is 0 Å². The van der Waals surface area contributed by atoms with E-state index in [1.807, 2.05) is 19.0 Å². The van der Waals surface area contributed by atoms with Crippen molar-refractivity contribution in [2.45, 2.75) is 0 Å². The highest BCUT2D eigenvalue weighted by Crippen LogP contribution is 2.18. The number of nitrogens with two attached hydrogens (primary N) is 1. The van der Waals surface area contributed by atoms with E-state index in [2.05, 4.69) is 5.32 Å². The quantitative estimate of drug-likeness (QED) is 0.480. The molecule has 1 aromatic carbocycles. The number of anilines is 2. The lowest BCUT2D eigenvalue weighted by Crippen LogP contribution is -2.20. The SMILES string of the molecule is CN(C)CCOCCNc1ccc(N)cc1C(=O)O. The first-order valence-corrected chi connectivity index (χ1v) is 6.10. The molecule has 0 aliphatic carbocycles. The van der Waals surface area contributed by atoms with Crippen LogP contribution in [0.1, 0.15) is 10.4 Å². The summed E-state index contributed by atoms with van der Waals surface area (Å²) in [5.74, 6) is -0.997. The Kier molecular flexibility index (Phi) is 6.11. The fraction of sp³-hybridized carbons (Fsp3) is 0.462. The lowest BCUT2D eigenvalue weighted by atomic mass is 10.1. The van der Waals surface area contributed by atoms with Crippen LogP contribution in [0.4, 0.5) is 11.4 Å². The third-order valence-corrected chi connectivity index (χ3v) is 2.52. The molecule has 0 atom stereocenters. The molecule has 0 spiro atoms. The van der Waals surface area contributed by atoms with Gasteiger partial charge in [0.15, 0.2) is 0 Å². The van der Waals surface area contributed by atoms with Crippen molar-refractivity contribution in [3.05, 3.63) is 23.8 Å². The molecular formula is C13H21N3O3. The summed E-state index contributed by atoms with van der Waals surface area (Å²) in [6, 6.07) is 4.78. The predicted octanol–water partition coefficient (Wildman–Crippen LogP) is 0.957. The summed E-state index contributed by atoms with van der Waals surface area (Å²) in [7, 11) is 3.96. The minimum atomic E-state index is -0.997. The molecule has 0 radical (unpaired) electrons. The van der Waals surface area contributed by atoms with Crippen LogP contribution in [0.5, 0.6) is 0 Å². The Morgan fingerprint density at radius 3 is 2.79 bits per heavy atom. The zero-order chi connectivity index (χ0) is 14.3. The van der Waals surface area contributed by atoms with Gasteiger partial charge in [-0.05, 0) is 32.3 Å². The van der Waals surface area contributed by atoms with Gasteiger partial charge in [-0.1, -0.05) is 0 Å². The van der Waals surface area contributed by atoms with E-state index < -0.39 is 5.97 Å². The maximum atomic E-state index is 11.1. The second kappa shape index (κ2) is 7.60. The average Bonchev–Trinajstić information content (AvgIpc) is 2.34. The van der Waals surface area contributed by atoms with Crippen molar-refractivity contribution in [2.75, 3.05) is 51.4 Å². The number of nitrogens with one attached hydrogen (secondary N) is 1. The molecule has 0 aliphatic heterocycles. The van der Waals surface area contributed by atoms with E-state index in [4.69, 9.17) is 15.6 Å². The van der Waals surface area contributed by atoms with Gasteiger partial charge in [-0.3, -0.25) is 0 Å². The van der Waals surface area contributed by atoms with Gasteiger partial charge in [-0.25, -0.2) is 4.79 Å². The molecule has 0 amide bonds. The summed E-state index contributed by atoms with van der Waals surface area (Å²) in [6.45, 7) is 2.60. The molecule has 0 fully saturated rings. The Morgan fingerprint density at radius 2 is 2.16 bits per heavy atom. The van der Waals surface area contributed by atoms with Crippen molar-refractivity contribution in [2.24, 2.45) is 0 Å². The molecule has 6 heteroatoms. The van der Waals surface area contributed by atoms with Gasteiger partial charge in [0.05, 0.1) is 18.8 Å². The lowest BCUT2D eigenvalue weighted by molar-refractivity contribution is 0.0697. The number of hydrogen-bond donors (Lipinski definition) is 3. The first kappa shape index (κ1) is 15.3. The molecule has 0 unspecified atom stereocenters. The lowest BCUT2D eigenvalue weighted by Gasteiger charge is -2.12. The fourth-order valence-electron chi connectivity index (χ4n) is 1.50. The number of hydrogen-bond acceptors (Lipinski definition) is 5. The van der Waals surface area contributed by atoms with Gasteiger partial charge in [0.2, 0.25) is 0 Å². The van der Waals surface area contributed by atoms with E-state index in [1.54, 1.807) is 12.1 Å². The summed E-state index contributed by atoms with van der Waals surface area (Å²) < 4.78 is 5.41. The molecule has 1 rings (SSSR count). The normalized spacial score (nSPS) is 10.7. The molecular weight excluding hydrogens is 246 g/mol. The molecule has 19 heavy (non-hydrogen) atoms. The smallest absolute Gasteiger partial charge is 0.337 e. The Bertz CT molecular complexity index is 422.